The highest BCUT2D eigenvalue weighted by molar-refractivity contribution is 5.98. The molecule has 0 radical (unpaired) electrons. The summed E-state index contributed by atoms with van der Waals surface area (Å²) in [5.74, 6) is 1.42. The molecule has 0 fully saturated rings. The SMILES string of the molecule is c1ccc(-c2cccc(N(c3ccccc3)c3cccc(N(c4ccccc4)c4cc(-c5ccccc5)nc(-c5ccccc5)n4)c3-c3ccccc3)c2)cc1. The summed E-state index contributed by atoms with van der Waals surface area (Å²) in [5.41, 5.74) is 12.4. The lowest BCUT2D eigenvalue weighted by Gasteiger charge is -2.33. The van der Waals surface area contributed by atoms with Crippen LogP contribution < -0.4 is 9.80 Å². The highest BCUT2D eigenvalue weighted by Crippen LogP contribution is 2.49. The van der Waals surface area contributed by atoms with E-state index in [1.165, 1.54) is 5.56 Å². The van der Waals surface area contributed by atoms with Crippen LogP contribution in [0.3, 0.4) is 0 Å². The molecule has 0 bridgehead atoms. The van der Waals surface area contributed by atoms with Gasteiger partial charge in [-0.3, -0.25) is 4.90 Å². The number of para-hydroxylation sites is 2. The van der Waals surface area contributed by atoms with E-state index in [-0.39, 0.29) is 0 Å². The second-order valence-corrected chi connectivity index (χ2v) is 13.5. The molecule has 0 aliphatic rings. The average Bonchev–Trinajstić information content (AvgIpc) is 3.29. The summed E-state index contributed by atoms with van der Waals surface area (Å²) in [6, 6.07) is 80.4. The van der Waals surface area contributed by atoms with Crippen LogP contribution in [0.15, 0.2) is 231 Å². The van der Waals surface area contributed by atoms with Gasteiger partial charge in [-0.05, 0) is 65.2 Å². The summed E-state index contributed by atoms with van der Waals surface area (Å²) in [5, 5.41) is 0. The minimum Gasteiger partial charge on any atom is -0.310 e. The number of nitrogens with zero attached hydrogens (tertiary/aromatic N) is 4. The summed E-state index contributed by atoms with van der Waals surface area (Å²) in [4.78, 5) is 15.1. The molecule has 1 aromatic heterocycles. The third-order valence-corrected chi connectivity index (χ3v) is 9.85. The molecule has 8 aromatic carbocycles. The highest BCUT2D eigenvalue weighted by Gasteiger charge is 2.26. The fourth-order valence-electron chi connectivity index (χ4n) is 7.25. The van der Waals surface area contributed by atoms with E-state index >= 15 is 0 Å². The molecule has 0 aliphatic heterocycles. The van der Waals surface area contributed by atoms with E-state index < -0.39 is 0 Å². The van der Waals surface area contributed by atoms with Gasteiger partial charge in [0.05, 0.1) is 17.1 Å². The Kier molecular flexibility index (Phi) is 9.66. The third-order valence-electron chi connectivity index (χ3n) is 9.85. The Bertz CT molecular complexity index is 2610. The molecule has 9 aromatic rings. The van der Waals surface area contributed by atoms with Crippen LogP contribution in [0, 0.1) is 0 Å². The van der Waals surface area contributed by atoms with Crippen molar-refractivity contribution in [3.8, 4) is 44.9 Å². The molecule has 4 heteroatoms. The van der Waals surface area contributed by atoms with Gasteiger partial charge in [-0.2, -0.15) is 0 Å². The molecule has 0 atom stereocenters. The van der Waals surface area contributed by atoms with Gasteiger partial charge in [0.1, 0.15) is 5.82 Å². The number of hydrogen-bond acceptors (Lipinski definition) is 4. The van der Waals surface area contributed by atoms with Crippen LogP contribution in [0.2, 0.25) is 0 Å². The van der Waals surface area contributed by atoms with E-state index in [1.54, 1.807) is 0 Å². The van der Waals surface area contributed by atoms with Gasteiger partial charge in [-0.1, -0.05) is 176 Å². The van der Waals surface area contributed by atoms with Crippen LogP contribution in [0.5, 0.6) is 0 Å². The lowest BCUT2D eigenvalue weighted by atomic mass is 9.97. The first kappa shape index (κ1) is 34.2. The minimum atomic E-state index is 0.656. The van der Waals surface area contributed by atoms with Crippen molar-refractivity contribution in [2.24, 2.45) is 0 Å². The molecule has 0 amide bonds. The van der Waals surface area contributed by atoms with Crippen molar-refractivity contribution >= 4 is 34.3 Å². The zero-order valence-corrected chi connectivity index (χ0v) is 30.7. The monoisotopic (exact) mass is 718 g/mol. The number of rotatable bonds is 10. The Labute approximate surface area is 328 Å². The van der Waals surface area contributed by atoms with Gasteiger partial charge in [0, 0.05) is 39.8 Å². The molecule has 266 valence electrons. The van der Waals surface area contributed by atoms with Crippen LogP contribution >= 0.6 is 0 Å². The zero-order chi connectivity index (χ0) is 37.5. The zero-order valence-electron chi connectivity index (χ0n) is 30.7. The largest absolute Gasteiger partial charge is 0.310 e. The van der Waals surface area contributed by atoms with Crippen molar-refractivity contribution in [3.63, 3.8) is 0 Å². The normalized spacial score (nSPS) is 10.9. The Hall–Kier alpha value is -7.56. The van der Waals surface area contributed by atoms with E-state index in [0.29, 0.717) is 5.82 Å². The van der Waals surface area contributed by atoms with Crippen molar-refractivity contribution in [3.05, 3.63) is 231 Å². The Morgan fingerprint density at radius 2 is 0.714 bits per heavy atom. The predicted octanol–water partition coefficient (Wildman–Crippen LogP) is 14.1. The molecule has 0 unspecified atom stereocenters. The molecule has 9 rings (SSSR count). The topological polar surface area (TPSA) is 32.3 Å². The second kappa shape index (κ2) is 15.8. The van der Waals surface area contributed by atoms with Gasteiger partial charge < -0.3 is 4.90 Å². The van der Waals surface area contributed by atoms with Gasteiger partial charge >= 0.3 is 0 Å². The first-order chi connectivity index (χ1) is 27.8. The first-order valence-corrected chi connectivity index (χ1v) is 18.8. The van der Waals surface area contributed by atoms with Gasteiger partial charge in [0.15, 0.2) is 5.82 Å². The fourth-order valence-corrected chi connectivity index (χ4v) is 7.25. The summed E-state index contributed by atoms with van der Waals surface area (Å²) in [6.07, 6.45) is 0. The maximum Gasteiger partial charge on any atom is 0.162 e. The van der Waals surface area contributed by atoms with Crippen LogP contribution in [0.25, 0.3) is 44.9 Å². The summed E-state index contributed by atoms with van der Waals surface area (Å²) < 4.78 is 0. The summed E-state index contributed by atoms with van der Waals surface area (Å²) in [7, 11) is 0. The van der Waals surface area contributed by atoms with E-state index in [2.05, 4.69) is 216 Å². The maximum absolute atomic E-state index is 5.35. The van der Waals surface area contributed by atoms with Crippen molar-refractivity contribution in [1.82, 2.24) is 9.97 Å². The Morgan fingerprint density at radius 1 is 0.286 bits per heavy atom. The standard InChI is InChI=1S/C52H38N4/c1-7-21-39(22-8-1)43-29-19-34-46(37-43)55(44-30-15-5-16-31-44)48-35-20-36-49(51(48)41-25-11-3-12-26-41)56(45-32-17-6-18-33-45)50-38-47(40-23-9-2-10-24-40)53-52(54-50)42-27-13-4-14-28-42/h1-38H. The minimum absolute atomic E-state index is 0.656. The number of aromatic nitrogens is 2. The van der Waals surface area contributed by atoms with Gasteiger partial charge in [-0.15, -0.1) is 0 Å². The molecule has 0 saturated heterocycles. The fraction of sp³-hybridized carbons (Fsp3) is 0. The van der Waals surface area contributed by atoms with Gasteiger partial charge in [0.2, 0.25) is 0 Å². The van der Waals surface area contributed by atoms with Gasteiger partial charge in [0.25, 0.3) is 0 Å². The van der Waals surface area contributed by atoms with E-state index in [9.17, 15) is 0 Å². The summed E-state index contributed by atoms with van der Waals surface area (Å²) in [6.45, 7) is 0. The first-order valence-electron chi connectivity index (χ1n) is 18.8. The Morgan fingerprint density at radius 3 is 1.30 bits per heavy atom. The molecule has 0 N–H and O–H groups in total. The molecular formula is C52H38N4. The molecule has 0 spiro atoms. The Balaban J connectivity index is 1.33. The van der Waals surface area contributed by atoms with Gasteiger partial charge in [-0.25, -0.2) is 9.97 Å². The third kappa shape index (κ3) is 7.07. The van der Waals surface area contributed by atoms with Crippen molar-refractivity contribution in [2.75, 3.05) is 9.80 Å². The molecule has 0 aliphatic carbocycles. The second-order valence-electron chi connectivity index (χ2n) is 13.5. The van der Waals surface area contributed by atoms with Crippen LogP contribution in [0.4, 0.5) is 34.3 Å². The molecule has 1 heterocycles. The maximum atomic E-state index is 5.35. The molecular weight excluding hydrogens is 681 g/mol. The molecule has 56 heavy (non-hydrogen) atoms. The smallest absolute Gasteiger partial charge is 0.162 e. The van der Waals surface area contributed by atoms with E-state index in [1.807, 2.05) is 24.3 Å². The lowest BCUT2D eigenvalue weighted by Crippen LogP contribution is -2.17. The lowest BCUT2D eigenvalue weighted by molar-refractivity contribution is 1.12. The predicted molar refractivity (Wildman–Crippen MR) is 233 cm³/mol. The van der Waals surface area contributed by atoms with Crippen molar-refractivity contribution in [1.29, 1.82) is 0 Å². The quantitative estimate of drug-likeness (QED) is 0.141. The van der Waals surface area contributed by atoms with Crippen molar-refractivity contribution in [2.45, 2.75) is 0 Å². The highest BCUT2D eigenvalue weighted by atomic mass is 15.2. The van der Waals surface area contributed by atoms with E-state index in [4.69, 9.17) is 9.97 Å². The van der Waals surface area contributed by atoms with Crippen LogP contribution in [-0.4, -0.2) is 9.97 Å². The average molecular weight is 719 g/mol. The number of hydrogen-bond donors (Lipinski definition) is 0. The molecule has 0 saturated carbocycles. The van der Waals surface area contributed by atoms with E-state index in [0.717, 1.165) is 67.8 Å². The van der Waals surface area contributed by atoms with Crippen LogP contribution in [0.1, 0.15) is 0 Å². The molecule has 4 nitrogen and oxygen atoms in total. The number of benzene rings is 8. The van der Waals surface area contributed by atoms with Crippen LogP contribution in [-0.2, 0) is 0 Å². The summed E-state index contributed by atoms with van der Waals surface area (Å²) >= 11 is 0. The number of anilines is 6. The van der Waals surface area contributed by atoms with Crippen molar-refractivity contribution < 1.29 is 0 Å².